The smallest absolute Gasteiger partial charge is 0.252 e. The largest absolute Gasteiger partial charge is 0.370 e. The maximum absolute atomic E-state index is 14.3. The minimum Gasteiger partial charge on any atom is -0.370 e. The number of primary amides is 1. The van der Waals surface area contributed by atoms with Gasteiger partial charge in [-0.15, -0.1) is 0 Å². The molecule has 0 spiro atoms. The predicted octanol–water partition coefficient (Wildman–Crippen LogP) is 3.63. The molecule has 132 valence electrons. The molecular weight excluding hydrogens is 343 g/mol. The lowest BCUT2D eigenvalue weighted by molar-refractivity contribution is 0.100. The van der Waals surface area contributed by atoms with E-state index in [1.54, 1.807) is 12.1 Å². The first-order valence-corrected chi connectivity index (χ1v) is 8.09. The number of hydrogen-bond donors (Lipinski definition) is 1. The Morgan fingerprint density at radius 2 is 1.88 bits per heavy atom. The molecule has 2 N–H and O–H groups in total. The van der Waals surface area contributed by atoms with E-state index in [2.05, 4.69) is 4.98 Å². The van der Waals surface area contributed by atoms with Gasteiger partial charge in [-0.2, -0.15) is 0 Å². The van der Waals surface area contributed by atoms with Gasteiger partial charge in [-0.25, -0.2) is 13.2 Å². The number of rotatable bonds is 3. The van der Waals surface area contributed by atoms with Crippen LogP contribution in [0.15, 0.2) is 36.5 Å². The number of nitrogens with zero attached hydrogens (tertiary/aromatic N) is 2. The first kappa shape index (κ1) is 16.4. The number of carbonyl (C=O) groups excluding carboxylic acids is 1. The summed E-state index contributed by atoms with van der Waals surface area (Å²) in [5.74, 6) is -3.92. The summed E-state index contributed by atoms with van der Waals surface area (Å²) in [5, 5.41) is 0.586. The maximum atomic E-state index is 14.3. The van der Waals surface area contributed by atoms with Gasteiger partial charge < -0.3 is 10.6 Å². The quantitative estimate of drug-likeness (QED) is 0.728. The molecule has 1 saturated heterocycles. The van der Waals surface area contributed by atoms with Gasteiger partial charge in [0.2, 0.25) is 0 Å². The van der Waals surface area contributed by atoms with Crippen molar-refractivity contribution in [2.75, 3.05) is 18.0 Å². The van der Waals surface area contributed by atoms with Gasteiger partial charge in [0.15, 0.2) is 11.6 Å². The Kier molecular flexibility index (Phi) is 3.79. The van der Waals surface area contributed by atoms with Crippen LogP contribution in [0.1, 0.15) is 16.8 Å². The third-order valence-corrected chi connectivity index (χ3v) is 4.59. The van der Waals surface area contributed by atoms with E-state index in [1.807, 2.05) is 4.90 Å². The van der Waals surface area contributed by atoms with Crippen molar-refractivity contribution in [2.24, 2.45) is 5.73 Å². The number of para-hydroxylation sites is 1. The molecule has 2 heterocycles. The zero-order chi connectivity index (χ0) is 18.4. The van der Waals surface area contributed by atoms with Crippen LogP contribution >= 0.6 is 0 Å². The second-order valence-electron chi connectivity index (χ2n) is 6.18. The normalized spacial score (nSPS) is 13.7. The molecule has 1 aliphatic rings. The number of pyridine rings is 1. The van der Waals surface area contributed by atoms with Crippen molar-refractivity contribution in [1.29, 1.82) is 0 Å². The zero-order valence-corrected chi connectivity index (χ0v) is 13.6. The van der Waals surface area contributed by atoms with Crippen LogP contribution in [0.3, 0.4) is 0 Å². The highest BCUT2D eigenvalue weighted by atomic mass is 19.2. The Labute approximate surface area is 147 Å². The highest BCUT2D eigenvalue weighted by Crippen LogP contribution is 2.37. The van der Waals surface area contributed by atoms with Crippen molar-refractivity contribution in [2.45, 2.75) is 6.42 Å². The van der Waals surface area contributed by atoms with E-state index in [0.717, 1.165) is 25.6 Å². The van der Waals surface area contributed by atoms with E-state index in [0.29, 0.717) is 22.7 Å². The number of nitrogens with two attached hydrogens (primary N) is 1. The SMILES string of the molecule is NC(=O)c1cnc2c(-c3cc(F)cc(F)c3F)cccc2c1N1CCC1. The fourth-order valence-electron chi connectivity index (χ4n) is 3.24. The standard InChI is InChI=1S/C19H14F3N3O/c20-10-7-13(16(22)15(21)8-10)11-3-1-4-12-17(11)24-9-14(19(23)26)18(12)25-5-2-6-25/h1,3-4,7-9H,2,5-6H2,(H2,23,26). The molecule has 0 atom stereocenters. The van der Waals surface area contributed by atoms with Gasteiger partial charge in [0.1, 0.15) is 5.82 Å². The first-order chi connectivity index (χ1) is 12.5. The number of halogens is 3. The van der Waals surface area contributed by atoms with Gasteiger partial charge >= 0.3 is 0 Å². The van der Waals surface area contributed by atoms with E-state index in [4.69, 9.17) is 5.73 Å². The zero-order valence-electron chi connectivity index (χ0n) is 13.6. The molecule has 0 unspecified atom stereocenters. The van der Waals surface area contributed by atoms with E-state index in [-0.39, 0.29) is 16.7 Å². The lowest BCUT2D eigenvalue weighted by atomic mass is 9.97. The molecule has 2 aromatic carbocycles. The number of amides is 1. The third kappa shape index (κ3) is 2.47. The van der Waals surface area contributed by atoms with Crippen LogP contribution in [0.2, 0.25) is 0 Å². The van der Waals surface area contributed by atoms with Crippen LogP contribution in [0.25, 0.3) is 22.0 Å². The van der Waals surface area contributed by atoms with Crippen LogP contribution < -0.4 is 10.6 Å². The second kappa shape index (κ2) is 6.01. The van der Waals surface area contributed by atoms with Crippen molar-refractivity contribution in [1.82, 2.24) is 4.98 Å². The number of hydrogen-bond acceptors (Lipinski definition) is 3. The molecule has 0 bridgehead atoms. The van der Waals surface area contributed by atoms with E-state index in [9.17, 15) is 18.0 Å². The van der Waals surface area contributed by atoms with Crippen molar-refractivity contribution in [3.63, 3.8) is 0 Å². The lowest BCUT2D eigenvalue weighted by Crippen LogP contribution is -2.38. The summed E-state index contributed by atoms with van der Waals surface area (Å²) >= 11 is 0. The van der Waals surface area contributed by atoms with E-state index in [1.165, 1.54) is 12.3 Å². The second-order valence-corrected chi connectivity index (χ2v) is 6.18. The molecule has 1 amide bonds. The minimum atomic E-state index is -1.27. The molecule has 0 saturated carbocycles. The summed E-state index contributed by atoms with van der Waals surface area (Å²) in [6.07, 6.45) is 2.31. The van der Waals surface area contributed by atoms with Crippen LogP contribution in [0.4, 0.5) is 18.9 Å². The number of benzene rings is 2. The average molecular weight is 357 g/mol. The van der Waals surface area contributed by atoms with Gasteiger partial charge in [0.05, 0.1) is 16.8 Å². The first-order valence-electron chi connectivity index (χ1n) is 8.09. The van der Waals surface area contributed by atoms with Gasteiger partial charge in [-0.3, -0.25) is 9.78 Å². The van der Waals surface area contributed by atoms with Gasteiger partial charge in [-0.1, -0.05) is 18.2 Å². The summed E-state index contributed by atoms with van der Waals surface area (Å²) < 4.78 is 41.6. The Hall–Kier alpha value is -3.09. The van der Waals surface area contributed by atoms with Crippen LogP contribution in [0, 0.1) is 17.5 Å². The number of aromatic nitrogens is 1. The molecule has 0 aliphatic carbocycles. The highest BCUT2D eigenvalue weighted by Gasteiger charge is 2.25. The van der Waals surface area contributed by atoms with Gasteiger partial charge in [0, 0.05) is 41.9 Å². The van der Waals surface area contributed by atoms with Gasteiger partial charge in [-0.05, 0) is 12.5 Å². The molecular formula is C19H14F3N3O. The van der Waals surface area contributed by atoms with Crippen LogP contribution in [-0.4, -0.2) is 24.0 Å². The average Bonchev–Trinajstić information content (AvgIpc) is 2.56. The fourth-order valence-corrected chi connectivity index (χ4v) is 3.24. The molecule has 1 aliphatic heterocycles. The molecule has 1 fully saturated rings. The van der Waals surface area contributed by atoms with Gasteiger partial charge in [0.25, 0.3) is 5.91 Å². The Bertz CT molecular complexity index is 1050. The fraction of sp³-hybridized carbons (Fsp3) is 0.158. The molecule has 1 aromatic heterocycles. The topological polar surface area (TPSA) is 59.2 Å². The summed E-state index contributed by atoms with van der Waals surface area (Å²) in [4.78, 5) is 18.0. The summed E-state index contributed by atoms with van der Waals surface area (Å²) in [6, 6.07) is 6.33. The Balaban J connectivity index is 2.03. The summed E-state index contributed by atoms with van der Waals surface area (Å²) in [7, 11) is 0. The molecule has 26 heavy (non-hydrogen) atoms. The number of fused-ring (bicyclic) bond motifs is 1. The third-order valence-electron chi connectivity index (χ3n) is 4.59. The number of anilines is 1. The van der Waals surface area contributed by atoms with E-state index < -0.39 is 23.4 Å². The number of carbonyl (C=O) groups is 1. The lowest BCUT2D eigenvalue weighted by Gasteiger charge is -2.35. The monoisotopic (exact) mass is 357 g/mol. The van der Waals surface area contributed by atoms with Crippen LogP contribution in [0.5, 0.6) is 0 Å². The van der Waals surface area contributed by atoms with Crippen molar-refractivity contribution in [3.05, 3.63) is 59.5 Å². The van der Waals surface area contributed by atoms with E-state index >= 15 is 0 Å². The highest BCUT2D eigenvalue weighted by molar-refractivity contribution is 6.09. The molecule has 4 rings (SSSR count). The molecule has 3 aromatic rings. The molecule has 7 heteroatoms. The molecule has 0 radical (unpaired) electrons. The predicted molar refractivity (Wildman–Crippen MR) is 92.4 cm³/mol. The Morgan fingerprint density at radius 3 is 2.54 bits per heavy atom. The maximum Gasteiger partial charge on any atom is 0.252 e. The molecule has 4 nitrogen and oxygen atoms in total. The van der Waals surface area contributed by atoms with Crippen molar-refractivity contribution < 1.29 is 18.0 Å². The summed E-state index contributed by atoms with van der Waals surface area (Å²) in [6.45, 7) is 1.51. The van der Waals surface area contributed by atoms with Crippen molar-refractivity contribution in [3.8, 4) is 11.1 Å². The van der Waals surface area contributed by atoms with Crippen LogP contribution in [-0.2, 0) is 0 Å². The van der Waals surface area contributed by atoms with Crippen molar-refractivity contribution >= 4 is 22.5 Å². The minimum absolute atomic E-state index is 0.220. The Morgan fingerprint density at radius 1 is 1.12 bits per heavy atom. The summed E-state index contributed by atoms with van der Waals surface area (Å²) in [5.41, 5.74) is 6.73.